The summed E-state index contributed by atoms with van der Waals surface area (Å²) in [6, 6.07) is 12.4. The highest BCUT2D eigenvalue weighted by atomic mass is 16.5. The number of ether oxygens (including phenoxy) is 1. The van der Waals surface area contributed by atoms with E-state index in [0.717, 1.165) is 28.6 Å². The van der Waals surface area contributed by atoms with Gasteiger partial charge < -0.3 is 15.0 Å². The molecule has 0 fully saturated rings. The van der Waals surface area contributed by atoms with Gasteiger partial charge in [-0.15, -0.1) is 0 Å². The monoisotopic (exact) mass is 420 g/mol. The van der Waals surface area contributed by atoms with Crippen molar-refractivity contribution in [3.63, 3.8) is 0 Å². The molecule has 1 aromatic heterocycles. The van der Waals surface area contributed by atoms with Gasteiger partial charge in [0.2, 0.25) is 5.91 Å². The lowest BCUT2D eigenvalue weighted by molar-refractivity contribution is 0.0599. The van der Waals surface area contributed by atoms with Gasteiger partial charge in [-0.2, -0.15) is 0 Å². The molecule has 0 aliphatic rings. The molecule has 1 heterocycles. The van der Waals surface area contributed by atoms with Gasteiger partial charge in [-0.25, -0.2) is 4.79 Å². The summed E-state index contributed by atoms with van der Waals surface area (Å²) in [6.45, 7) is 6.19. The van der Waals surface area contributed by atoms with Crippen molar-refractivity contribution in [2.45, 2.75) is 40.2 Å². The van der Waals surface area contributed by atoms with Crippen LogP contribution in [0.15, 0.2) is 42.5 Å². The van der Waals surface area contributed by atoms with Gasteiger partial charge in [-0.05, 0) is 30.2 Å². The van der Waals surface area contributed by atoms with E-state index < -0.39 is 11.9 Å². The Labute approximate surface area is 182 Å². The van der Waals surface area contributed by atoms with Crippen molar-refractivity contribution in [1.29, 1.82) is 0 Å². The molecule has 0 saturated carbocycles. The number of aromatic nitrogens is 1. The number of primary amides is 1. The quantitative estimate of drug-likeness (QED) is 0.433. The molecule has 6 heteroatoms. The lowest BCUT2D eigenvalue weighted by Gasteiger charge is -2.15. The molecule has 0 aliphatic carbocycles. The zero-order valence-corrected chi connectivity index (χ0v) is 18.4. The fourth-order valence-electron chi connectivity index (χ4n) is 3.93. The normalized spacial score (nSPS) is 11.1. The second-order valence-electron chi connectivity index (χ2n) is 7.92. The third-order valence-electron chi connectivity index (χ3n) is 5.47. The molecule has 31 heavy (non-hydrogen) atoms. The second kappa shape index (κ2) is 9.16. The van der Waals surface area contributed by atoms with Crippen LogP contribution in [0.2, 0.25) is 0 Å². The van der Waals surface area contributed by atoms with Crippen LogP contribution in [0.5, 0.6) is 0 Å². The highest BCUT2D eigenvalue weighted by molar-refractivity contribution is 6.11. The molecule has 2 N–H and O–H groups in total. The van der Waals surface area contributed by atoms with E-state index in [-0.39, 0.29) is 11.7 Å². The zero-order chi connectivity index (χ0) is 22.7. The van der Waals surface area contributed by atoms with E-state index in [4.69, 9.17) is 10.5 Å². The minimum atomic E-state index is -0.529. The van der Waals surface area contributed by atoms with Gasteiger partial charge in [0.25, 0.3) is 0 Å². The van der Waals surface area contributed by atoms with Crippen LogP contribution >= 0.6 is 0 Å². The van der Waals surface area contributed by atoms with E-state index in [0.29, 0.717) is 29.7 Å². The zero-order valence-electron chi connectivity index (χ0n) is 18.4. The summed E-state index contributed by atoms with van der Waals surface area (Å²) in [7, 11) is 1.35. The van der Waals surface area contributed by atoms with Crippen LogP contribution < -0.4 is 5.73 Å². The average Bonchev–Trinajstić information content (AvgIpc) is 3.05. The number of hydrogen-bond donors (Lipinski definition) is 1. The molecule has 6 nitrogen and oxygen atoms in total. The maximum atomic E-state index is 13.2. The number of nitrogens with two attached hydrogens (primary N) is 1. The minimum Gasteiger partial charge on any atom is -0.465 e. The number of hydrogen-bond acceptors (Lipinski definition) is 4. The number of esters is 1. The highest BCUT2D eigenvalue weighted by Crippen LogP contribution is 2.32. The van der Waals surface area contributed by atoms with Crippen molar-refractivity contribution < 1.29 is 19.1 Å². The Morgan fingerprint density at radius 1 is 1.10 bits per heavy atom. The molecule has 162 valence electrons. The molecule has 1 amide bonds. The largest absolute Gasteiger partial charge is 0.465 e. The maximum Gasteiger partial charge on any atom is 0.338 e. The number of methoxy groups -OCH3 is 1. The van der Waals surface area contributed by atoms with Crippen LogP contribution in [0.25, 0.3) is 10.9 Å². The van der Waals surface area contributed by atoms with Crippen LogP contribution in [0.4, 0.5) is 0 Å². The van der Waals surface area contributed by atoms with E-state index in [1.807, 2.05) is 30.5 Å². The van der Waals surface area contributed by atoms with Crippen LogP contribution in [-0.4, -0.2) is 29.3 Å². The van der Waals surface area contributed by atoms with Crippen molar-refractivity contribution in [2.75, 3.05) is 7.11 Å². The molecule has 0 spiro atoms. The number of rotatable bonds is 8. The standard InChI is InChI=1S/C25H28N2O4/c1-5-8-20-22(23(28)15(2)3)19-12-11-16(24(26)29)13-21(19)27(20)14-17-9-6-7-10-18(17)25(30)31-4/h6-7,9-13,15H,5,8,14H2,1-4H3,(H2,26,29). The Kier molecular flexibility index (Phi) is 6.59. The molecular weight excluding hydrogens is 392 g/mol. The third kappa shape index (κ3) is 4.24. The summed E-state index contributed by atoms with van der Waals surface area (Å²) in [4.78, 5) is 37.3. The molecule has 3 rings (SSSR count). The molecule has 0 radical (unpaired) electrons. The Hall–Kier alpha value is -3.41. The van der Waals surface area contributed by atoms with Gasteiger partial charge in [-0.1, -0.05) is 51.5 Å². The molecule has 3 aromatic rings. The smallest absolute Gasteiger partial charge is 0.338 e. The first-order valence-corrected chi connectivity index (χ1v) is 10.4. The predicted octanol–water partition coefficient (Wildman–Crippen LogP) is 4.37. The molecule has 2 aromatic carbocycles. The first kappa shape index (κ1) is 22.3. The van der Waals surface area contributed by atoms with Crippen LogP contribution in [-0.2, 0) is 17.7 Å². The summed E-state index contributed by atoms with van der Waals surface area (Å²) in [5.41, 5.74) is 9.48. The van der Waals surface area contributed by atoms with E-state index in [2.05, 4.69) is 6.92 Å². The molecular formula is C25H28N2O4. The lowest BCUT2D eigenvalue weighted by Crippen LogP contribution is -2.14. The minimum absolute atomic E-state index is 0.0558. The first-order valence-electron chi connectivity index (χ1n) is 10.4. The summed E-state index contributed by atoms with van der Waals surface area (Å²) in [5.74, 6) is -1.06. The highest BCUT2D eigenvalue weighted by Gasteiger charge is 2.25. The first-order chi connectivity index (χ1) is 14.8. The SMILES string of the molecule is CCCc1c(C(=O)C(C)C)c2ccc(C(N)=O)cc2n1Cc1ccccc1C(=O)OC. The van der Waals surface area contributed by atoms with Crippen LogP contribution in [0, 0.1) is 5.92 Å². The number of benzene rings is 2. The second-order valence-corrected chi connectivity index (χ2v) is 7.92. The fraction of sp³-hybridized carbons (Fsp3) is 0.320. The van der Waals surface area contributed by atoms with E-state index in [1.54, 1.807) is 30.3 Å². The van der Waals surface area contributed by atoms with Gasteiger partial charge >= 0.3 is 5.97 Å². The Morgan fingerprint density at radius 3 is 2.42 bits per heavy atom. The summed E-state index contributed by atoms with van der Waals surface area (Å²) < 4.78 is 6.97. The van der Waals surface area contributed by atoms with E-state index in [9.17, 15) is 14.4 Å². The molecule has 0 unspecified atom stereocenters. The van der Waals surface area contributed by atoms with Crippen LogP contribution in [0.3, 0.4) is 0 Å². The molecule has 0 saturated heterocycles. The van der Waals surface area contributed by atoms with Crippen molar-refractivity contribution in [3.8, 4) is 0 Å². The third-order valence-corrected chi connectivity index (χ3v) is 5.47. The topological polar surface area (TPSA) is 91.4 Å². The average molecular weight is 421 g/mol. The van der Waals surface area contributed by atoms with E-state index >= 15 is 0 Å². The number of ketones is 1. The Balaban J connectivity index is 2.32. The van der Waals surface area contributed by atoms with Gasteiger partial charge in [0, 0.05) is 34.7 Å². The fourth-order valence-corrected chi connectivity index (χ4v) is 3.93. The number of carbonyl (C=O) groups excluding carboxylic acids is 3. The molecule has 0 aliphatic heterocycles. The van der Waals surface area contributed by atoms with Crippen molar-refractivity contribution in [2.24, 2.45) is 11.7 Å². The van der Waals surface area contributed by atoms with Crippen molar-refractivity contribution in [1.82, 2.24) is 4.57 Å². The Morgan fingerprint density at radius 2 is 1.81 bits per heavy atom. The number of nitrogens with zero attached hydrogens (tertiary/aromatic N) is 1. The van der Waals surface area contributed by atoms with Gasteiger partial charge in [0.15, 0.2) is 5.78 Å². The maximum absolute atomic E-state index is 13.2. The summed E-state index contributed by atoms with van der Waals surface area (Å²) >= 11 is 0. The van der Waals surface area contributed by atoms with Gasteiger partial charge in [-0.3, -0.25) is 9.59 Å². The lowest BCUT2D eigenvalue weighted by atomic mass is 9.96. The predicted molar refractivity (Wildman–Crippen MR) is 121 cm³/mol. The molecule has 0 bridgehead atoms. The van der Waals surface area contributed by atoms with Crippen LogP contribution in [0.1, 0.15) is 69.5 Å². The van der Waals surface area contributed by atoms with Crippen molar-refractivity contribution >= 4 is 28.6 Å². The van der Waals surface area contributed by atoms with Gasteiger partial charge in [0.05, 0.1) is 18.2 Å². The van der Waals surface area contributed by atoms with E-state index in [1.165, 1.54) is 7.11 Å². The van der Waals surface area contributed by atoms with Crippen molar-refractivity contribution in [3.05, 3.63) is 70.4 Å². The Bertz CT molecular complexity index is 1160. The summed E-state index contributed by atoms with van der Waals surface area (Å²) in [6.07, 6.45) is 1.53. The number of fused-ring (bicyclic) bond motifs is 1. The number of carbonyl (C=O) groups is 3. The summed E-state index contributed by atoms with van der Waals surface area (Å²) in [5, 5.41) is 0.794. The number of amides is 1. The van der Waals surface area contributed by atoms with Gasteiger partial charge in [0.1, 0.15) is 0 Å². The molecule has 0 atom stereocenters. The number of Topliss-reactive ketones (excluding diaryl/α,β-unsaturated/α-hetero) is 1.